The summed E-state index contributed by atoms with van der Waals surface area (Å²) in [4.78, 5) is 15.6. The topological polar surface area (TPSA) is 48.5 Å². The lowest BCUT2D eigenvalue weighted by molar-refractivity contribution is 1.07. The van der Waals surface area contributed by atoms with Gasteiger partial charge in [0.15, 0.2) is 17.5 Å². The van der Waals surface area contributed by atoms with Gasteiger partial charge in [0.05, 0.1) is 27.8 Å². The van der Waals surface area contributed by atoms with Crippen molar-refractivity contribution < 1.29 is 0 Å². The van der Waals surface area contributed by atoms with Gasteiger partial charge in [0.25, 0.3) is 0 Å². The van der Waals surface area contributed by atoms with E-state index in [0.717, 1.165) is 44.7 Å². The van der Waals surface area contributed by atoms with Gasteiger partial charge in [-0.1, -0.05) is 152 Å². The molecular formula is C55H33N5. The van der Waals surface area contributed by atoms with Crippen LogP contribution in [0.3, 0.4) is 0 Å². The molecule has 5 nitrogen and oxygen atoms in total. The minimum absolute atomic E-state index is 0.645. The third-order valence-electron chi connectivity index (χ3n) is 12.3. The van der Waals surface area contributed by atoms with E-state index in [-0.39, 0.29) is 0 Å². The maximum Gasteiger partial charge on any atom is 0.164 e. The predicted molar refractivity (Wildman–Crippen MR) is 247 cm³/mol. The molecule has 1 aliphatic carbocycles. The molecule has 0 N–H and O–H groups in total. The Labute approximate surface area is 345 Å². The van der Waals surface area contributed by atoms with Crippen LogP contribution in [0.1, 0.15) is 0 Å². The van der Waals surface area contributed by atoms with Gasteiger partial charge in [-0.05, 0) is 70.4 Å². The lowest BCUT2D eigenvalue weighted by atomic mass is 9.95. The van der Waals surface area contributed by atoms with Crippen molar-refractivity contribution in [3.63, 3.8) is 0 Å². The van der Waals surface area contributed by atoms with Crippen LogP contribution in [0.4, 0.5) is 0 Å². The van der Waals surface area contributed by atoms with Crippen LogP contribution in [0.2, 0.25) is 0 Å². The van der Waals surface area contributed by atoms with Crippen molar-refractivity contribution in [2.45, 2.75) is 0 Å². The van der Waals surface area contributed by atoms with Gasteiger partial charge in [-0.15, -0.1) is 0 Å². The number of aromatic nitrogens is 5. The number of nitrogens with zero attached hydrogens (tertiary/aromatic N) is 5. The molecular weight excluding hydrogens is 731 g/mol. The van der Waals surface area contributed by atoms with Gasteiger partial charge in [0.2, 0.25) is 0 Å². The molecule has 13 rings (SSSR count). The first-order valence-corrected chi connectivity index (χ1v) is 20.4. The van der Waals surface area contributed by atoms with E-state index >= 15 is 0 Å². The smallest absolute Gasteiger partial charge is 0.164 e. The Balaban J connectivity index is 1.14. The molecule has 9 aromatic carbocycles. The van der Waals surface area contributed by atoms with Crippen molar-refractivity contribution in [1.29, 1.82) is 0 Å². The molecule has 3 aromatic heterocycles. The third-order valence-corrected chi connectivity index (χ3v) is 12.3. The molecule has 0 aliphatic heterocycles. The van der Waals surface area contributed by atoms with Crippen molar-refractivity contribution >= 4 is 54.4 Å². The second kappa shape index (κ2) is 12.7. The zero-order valence-electron chi connectivity index (χ0n) is 32.3. The standard InChI is InChI=1S/C55H33N5/c1-4-16-35(17-5-1)53-56-54(36-18-6-2-7-19-36)58-55(57-53)42-30-31-47(52-41-27-15-21-34-20-14-26-40(50(34)41)51(42)52)60-46-29-13-11-25-39(46)44-32-43-38-24-10-12-28-45(38)59(48(43)33-49(44)60)37-22-8-3-9-23-37/h1-33H. The van der Waals surface area contributed by atoms with E-state index in [0.29, 0.717) is 17.5 Å². The number of hydrogen-bond donors (Lipinski definition) is 0. The van der Waals surface area contributed by atoms with E-state index in [1.165, 1.54) is 60.0 Å². The molecule has 3 heterocycles. The summed E-state index contributed by atoms with van der Waals surface area (Å²) >= 11 is 0. The van der Waals surface area contributed by atoms with Crippen LogP contribution in [0.15, 0.2) is 200 Å². The molecule has 5 heteroatoms. The highest BCUT2D eigenvalue weighted by molar-refractivity contribution is 6.22. The maximum atomic E-state index is 5.26. The highest BCUT2D eigenvalue weighted by Gasteiger charge is 2.30. The first kappa shape index (κ1) is 32.9. The summed E-state index contributed by atoms with van der Waals surface area (Å²) in [7, 11) is 0. The maximum absolute atomic E-state index is 5.26. The SMILES string of the molecule is c1ccc(-c2nc(-c3ccccc3)nc(-c3ccc(-n4c5ccccc5c5cc6c7ccccc7n(-c7ccccc7)c6cc54)c4c3-c3cccc5cccc-4c35)n2)cc1. The van der Waals surface area contributed by atoms with E-state index in [4.69, 9.17) is 15.0 Å². The van der Waals surface area contributed by atoms with Crippen LogP contribution >= 0.6 is 0 Å². The zero-order chi connectivity index (χ0) is 39.3. The van der Waals surface area contributed by atoms with Crippen LogP contribution in [0, 0.1) is 0 Å². The van der Waals surface area contributed by atoms with E-state index in [1.54, 1.807) is 0 Å². The molecule has 0 amide bonds. The van der Waals surface area contributed by atoms with Crippen LogP contribution < -0.4 is 0 Å². The molecule has 60 heavy (non-hydrogen) atoms. The molecule has 0 saturated carbocycles. The first-order valence-electron chi connectivity index (χ1n) is 20.4. The van der Waals surface area contributed by atoms with Gasteiger partial charge < -0.3 is 9.13 Å². The van der Waals surface area contributed by atoms with Gasteiger partial charge in [0, 0.05) is 55.0 Å². The normalized spacial score (nSPS) is 12.0. The van der Waals surface area contributed by atoms with Crippen LogP contribution in [-0.2, 0) is 0 Å². The van der Waals surface area contributed by atoms with Crippen molar-refractivity contribution in [3.8, 4) is 67.8 Å². The molecule has 0 saturated heterocycles. The van der Waals surface area contributed by atoms with Crippen molar-refractivity contribution in [3.05, 3.63) is 200 Å². The zero-order valence-corrected chi connectivity index (χ0v) is 32.3. The van der Waals surface area contributed by atoms with Crippen molar-refractivity contribution in [1.82, 2.24) is 24.1 Å². The van der Waals surface area contributed by atoms with Gasteiger partial charge in [0.1, 0.15) is 0 Å². The quantitative estimate of drug-likeness (QED) is 0.175. The van der Waals surface area contributed by atoms with Crippen LogP contribution in [-0.4, -0.2) is 24.1 Å². The van der Waals surface area contributed by atoms with E-state index in [2.05, 4.69) is 173 Å². The Kier molecular flexibility index (Phi) is 6.95. The Morgan fingerprint density at radius 1 is 0.317 bits per heavy atom. The second-order valence-corrected chi connectivity index (χ2v) is 15.6. The Morgan fingerprint density at radius 2 is 0.833 bits per heavy atom. The number of rotatable bonds is 5. The number of hydrogen-bond acceptors (Lipinski definition) is 3. The summed E-state index contributed by atoms with van der Waals surface area (Å²) < 4.78 is 4.90. The van der Waals surface area contributed by atoms with E-state index in [1.807, 2.05) is 36.4 Å². The number of para-hydroxylation sites is 3. The summed E-state index contributed by atoms with van der Waals surface area (Å²) in [5, 5.41) is 7.37. The lowest BCUT2D eigenvalue weighted by Gasteiger charge is -2.18. The van der Waals surface area contributed by atoms with E-state index < -0.39 is 0 Å². The molecule has 0 bridgehead atoms. The van der Waals surface area contributed by atoms with Crippen molar-refractivity contribution in [2.24, 2.45) is 0 Å². The summed E-state index contributed by atoms with van der Waals surface area (Å²) in [5.74, 6) is 1.93. The monoisotopic (exact) mass is 763 g/mol. The summed E-state index contributed by atoms with van der Waals surface area (Å²) in [6.07, 6.45) is 0. The van der Waals surface area contributed by atoms with Crippen LogP contribution in [0.25, 0.3) is 122 Å². The Hall–Kier alpha value is -8.15. The van der Waals surface area contributed by atoms with Crippen molar-refractivity contribution in [2.75, 3.05) is 0 Å². The number of benzene rings is 9. The lowest BCUT2D eigenvalue weighted by Crippen LogP contribution is -2.03. The fraction of sp³-hybridized carbons (Fsp3) is 0. The molecule has 12 aromatic rings. The largest absolute Gasteiger partial charge is 0.309 e. The van der Waals surface area contributed by atoms with Crippen LogP contribution in [0.5, 0.6) is 0 Å². The van der Waals surface area contributed by atoms with Gasteiger partial charge in [-0.25, -0.2) is 15.0 Å². The fourth-order valence-electron chi connectivity index (χ4n) is 9.75. The Bertz CT molecular complexity index is 3630. The van der Waals surface area contributed by atoms with Gasteiger partial charge >= 0.3 is 0 Å². The third kappa shape index (κ3) is 4.71. The average molecular weight is 764 g/mol. The molecule has 0 spiro atoms. The highest BCUT2D eigenvalue weighted by Crippen LogP contribution is 2.54. The predicted octanol–water partition coefficient (Wildman–Crippen LogP) is 13.9. The molecule has 1 aliphatic rings. The fourth-order valence-corrected chi connectivity index (χ4v) is 9.75. The van der Waals surface area contributed by atoms with Gasteiger partial charge in [-0.3, -0.25) is 0 Å². The summed E-state index contributed by atoms with van der Waals surface area (Å²) in [5.41, 5.74) is 14.5. The Morgan fingerprint density at radius 3 is 1.47 bits per heavy atom. The molecule has 0 atom stereocenters. The van der Waals surface area contributed by atoms with Gasteiger partial charge in [-0.2, -0.15) is 0 Å². The molecule has 278 valence electrons. The summed E-state index contributed by atoms with van der Waals surface area (Å²) in [6, 6.07) is 71.4. The molecule has 0 unspecified atom stereocenters. The average Bonchev–Trinajstić information content (AvgIpc) is 3.95. The molecule has 0 radical (unpaired) electrons. The minimum Gasteiger partial charge on any atom is -0.309 e. The second-order valence-electron chi connectivity index (χ2n) is 15.6. The minimum atomic E-state index is 0.645. The number of fused-ring (bicyclic) bond motifs is 9. The first-order chi connectivity index (χ1) is 29.8. The highest BCUT2D eigenvalue weighted by atomic mass is 15.0. The van der Waals surface area contributed by atoms with E-state index in [9.17, 15) is 0 Å². The molecule has 0 fully saturated rings. The summed E-state index contributed by atoms with van der Waals surface area (Å²) in [6.45, 7) is 0.